The van der Waals surface area contributed by atoms with Gasteiger partial charge in [0.1, 0.15) is 0 Å². The van der Waals surface area contributed by atoms with Crippen molar-refractivity contribution in [3.8, 4) is 0 Å². The molecule has 0 aliphatic heterocycles. The predicted octanol–water partition coefficient (Wildman–Crippen LogP) is 6.29. The number of halogens is 3. The molecule has 130 valence electrons. The molecule has 0 amide bonds. The van der Waals surface area contributed by atoms with Gasteiger partial charge in [0.25, 0.3) is 0 Å². The highest BCUT2D eigenvalue weighted by Crippen LogP contribution is 2.31. The van der Waals surface area contributed by atoms with E-state index in [-0.39, 0.29) is 11.1 Å². The van der Waals surface area contributed by atoms with E-state index >= 15 is 0 Å². The van der Waals surface area contributed by atoms with Crippen molar-refractivity contribution in [2.24, 2.45) is 0 Å². The molecule has 0 aliphatic carbocycles. The van der Waals surface area contributed by atoms with E-state index in [1.165, 1.54) is 12.1 Å². The first-order valence-electron chi connectivity index (χ1n) is 7.99. The third kappa shape index (κ3) is 4.06. The third-order valence-electron chi connectivity index (χ3n) is 3.88. The van der Waals surface area contributed by atoms with Crippen LogP contribution in [-0.2, 0) is 0 Å². The quantitative estimate of drug-likeness (QED) is 0.484. The van der Waals surface area contributed by atoms with Crippen LogP contribution in [0.2, 0.25) is 5.02 Å². The molecule has 0 radical (unpaired) electrons. The van der Waals surface area contributed by atoms with E-state index in [4.69, 9.17) is 11.6 Å². The van der Waals surface area contributed by atoms with E-state index in [1.807, 2.05) is 0 Å². The maximum atomic E-state index is 14.8. The van der Waals surface area contributed by atoms with E-state index < -0.39 is 11.7 Å². The van der Waals surface area contributed by atoms with Gasteiger partial charge in [0.15, 0.2) is 0 Å². The summed E-state index contributed by atoms with van der Waals surface area (Å²) in [4.78, 5) is 12.3. The first-order chi connectivity index (χ1) is 12.5. The molecule has 0 heterocycles. The van der Waals surface area contributed by atoms with Crippen LogP contribution in [0.4, 0.5) is 8.78 Å². The van der Waals surface area contributed by atoms with Crippen molar-refractivity contribution in [3.05, 3.63) is 113 Å². The number of rotatable bonds is 5. The molecule has 0 unspecified atom stereocenters. The molecule has 0 N–H and O–H groups in total. The van der Waals surface area contributed by atoms with Crippen LogP contribution in [0.15, 0.2) is 91.0 Å². The molecule has 0 fully saturated rings. The van der Waals surface area contributed by atoms with Crippen LogP contribution in [-0.4, -0.2) is 11.7 Å². The first kappa shape index (κ1) is 18.0. The summed E-state index contributed by atoms with van der Waals surface area (Å²) in [6.07, 6.45) is 0.712. The average molecular weight is 369 g/mol. The molecule has 0 bridgehead atoms. The zero-order chi connectivity index (χ0) is 18.6. The van der Waals surface area contributed by atoms with Gasteiger partial charge >= 0.3 is 5.92 Å². The molecule has 0 saturated carbocycles. The molecule has 0 saturated heterocycles. The third-order valence-corrected chi connectivity index (χ3v) is 4.12. The highest BCUT2D eigenvalue weighted by atomic mass is 35.5. The monoisotopic (exact) mass is 368 g/mol. The predicted molar refractivity (Wildman–Crippen MR) is 101 cm³/mol. The van der Waals surface area contributed by atoms with E-state index in [0.29, 0.717) is 22.2 Å². The fourth-order valence-corrected chi connectivity index (χ4v) is 2.83. The van der Waals surface area contributed by atoms with Crippen LogP contribution in [0.25, 0.3) is 5.57 Å². The summed E-state index contributed by atoms with van der Waals surface area (Å²) in [6, 6.07) is 22.9. The number of carbonyl (C=O) groups excluding carboxylic acids is 1. The van der Waals surface area contributed by atoms with Crippen LogP contribution < -0.4 is 0 Å². The normalized spacial score (nSPS) is 12.0. The van der Waals surface area contributed by atoms with Crippen molar-refractivity contribution < 1.29 is 13.6 Å². The van der Waals surface area contributed by atoms with Gasteiger partial charge in [0.2, 0.25) is 5.78 Å². The number of alkyl halides is 2. The van der Waals surface area contributed by atoms with Gasteiger partial charge in [-0.2, -0.15) is 8.78 Å². The number of ketones is 1. The van der Waals surface area contributed by atoms with Gasteiger partial charge in [-0.3, -0.25) is 4.79 Å². The number of hydrogen-bond acceptors (Lipinski definition) is 1. The molecule has 1 nitrogen and oxygen atoms in total. The molecule has 0 aliphatic rings. The molecule has 3 aromatic rings. The lowest BCUT2D eigenvalue weighted by atomic mass is 9.94. The zero-order valence-electron chi connectivity index (χ0n) is 13.7. The summed E-state index contributed by atoms with van der Waals surface area (Å²) in [5, 5.41) is 0.432. The Hall–Kier alpha value is -2.78. The van der Waals surface area contributed by atoms with Crippen LogP contribution in [0.1, 0.15) is 21.5 Å². The molecule has 3 aromatic carbocycles. The minimum atomic E-state index is -3.66. The second kappa shape index (κ2) is 7.63. The maximum absolute atomic E-state index is 14.8. The summed E-state index contributed by atoms with van der Waals surface area (Å²) in [5.41, 5.74) is 1.31. The van der Waals surface area contributed by atoms with Crippen molar-refractivity contribution in [2.75, 3.05) is 0 Å². The smallest absolute Gasteiger partial charge is 0.287 e. The maximum Gasteiger partial charge on any atom is 0.329 e. The van der Waals surface area contributed by atoms with Gasteiger partial charge in [-0.05, 0) is 28.8 Å². The van der Waals surface area contributed by atoms with Crippen LogP contribution in [0.3, 0.4) is 0 Å². The Balaban J connectivity index is 2.10. The summed E-state index contributed by atoms with van der Waals surface area (Å²) in [5.74, 6) is -4.90. The van der Waals surface area contributed by atoms with Crippen LogP contribution >= 0.6 is 11.6 Å². The van der Waals surface area contributed by atoms with Gasteiger partial charge in [-0.25, -0.2) is 0 Å². The van der Waals surface area contributed by atoms with Crippen LogP contribution in [0.5, 0.6) is 0 Å². The molecule has 4 heteroatoms. The standard InChI is InChI=1S/C22H15ClF2O/c23-19-13-7-12-18(14-19)20(16-8-3-1-4-9-16)15-22(24,25)21(26)17-10-5-2-6-11-17/h1-15H/b20-15+. The molecule has 0 atom stereocenters. The Kier molecular flexibility index (Phi) is 5.29. The van der Waals surface area contributed by atoms with Crippen molar-refractivity contribution in [1.82, 2.24) is 0 Å². The number of allylic oxidation sites excluding steroid dienone is 1. The van der Waals surface area contributed by atoms with E-state index in [0.717, 1.165) is 0 Å². The first-order valence-corrected chi connectivity index (χ1v) is 8.37. The minimum Gasteiger partial charge on any atom is -0.287 e. The number of hydrogen-bond donors (Lipinski definition) is 0. The Morgan fingerprint density at radius 1 is 0.769 bits per heavy atom. The average Bonchev–Trinajstić information content (AvgIpc) is 2.67. The Labute approximate surface area is 155 Å². The van der Waals surface area contributed by atoms with Gasteiger partial charge in [0.05, 0.1) is 0 Å². The van der Waals surface area contributed by atoms with E-state index in [2.05, 4.69) is 0 Å². The fraction of sp³-hybridized carbons (Fsp3) is 0.0455. The highest BCUT2D eigenvalue weighted by Gasteiger charge is 2.37. The molecular formula is C22H15ClF2O. The van der Waals surface area contributed by atoms with Crippen molar-refractivity contribution >= 4 is 23.0 Å². The van der Waals surface area contributed by atoms with Crippen LogP contribution in [0, 0.1) is 0 Å². The summed E-state index contributed by atoms with van der Waals surface area (Å²) in [6.45, 7) is 0. The number of Topliss-reactive ketones (excluding diaryl/α,β-unsaturated/α-hetero) is 1. The summed E-state index contributed by atoms with van der Waals surface area (Å²) < 4.78 is 29.5. The van der Waals surface area contributed by atoms with Crippen molar-refractivity contribution in [2.45, 2.75) is 5.92 Å². The second-order valence-corrected chi connectivity index (χ2v) is 6.19. The Morgan fingerprint density at radius 2 is 1.31 bits per heavy atom. The lowest BCUT2D eigenvalue weighted by molar-refractivity contribution is 0.0384. The lowest BCUT2D eigenvalue weighted by Crippen LogP contribution is -2.26. The molecule has 0 aromatic heterocycles. The fourth-order valence-electron chi connectivity index (χ4n) is 2.64. The minimum absolute atomic E-state index is 0.0349. The largest absolute Gasteiger partial charge is 0.329 e. The highest BCUT2D eigenvalue weighted by molar-refractivity contribution is 6.30. The van der Waals surface area contributed by atoms with Gasteiger partial charge < -0.3 is 0 Å². The summed E-state index contributed by atoms with van der Waals surface area (Å²) >= 11 is 6.02. The molecule has 26 heavy (non-hydrogen) atoms. The topological polar surface area (TPSA) is 17.1 Å². The van der Waals surface area contributed by atoms with Gasteiger partial charge in [0, 0.05) is 16.7 Å². The zero-order valence-corrected chi connectivity index (χ0v) is 14.5. The Morgan fingerprint density at radius 3 is 1.88 bits per heavy atom. The molecule has 0 spiro atoms. The van der Waals surface area contributed by atoms with Gasteiger partial charge in [-0.15, -0.1) is 0 Å². The summed E-state index contributed by atoms with van der Waals surface area (Å²) in [7, 11) is 0. The Bertz CT molecular complexity index is 935. The van der Waals surface area contributed by atoms with E-state index in [9.17, 15) is 13.6 Å². The lowest BCUT2D eigenvalue weighted by Gasteiger charge is -2.15. The second-order valence-electron chi connectivity index (χ2n) is 5.75. The van der Waals surface area contributed by atoms with Crippen molar-refractivity contribution in [3.63, 3.8) is 0 Å². The number of carbonyl (C=O) groups is 1. The molecule has 3 rings (SSSR count). The van der Waals surface area contributed by atoms with Gasteiger partial charge in [-0.1, -0.05) is 84.4 Å². The molecular weight excluding hydrogens is 354 g/mol. The SMILES string of the molecule is O=C(c1ccccc1)C(F)(F)/C=C(\c1ccccc1)c1cccc(Cl)c1. The van der Waals surface area contributed by atoms with Crippen molar-refractivity contribution in [1.29, 1.82) is 0 Å². The van der Waals surface area contributed by atoms with E-state index in [1.54, 1.807) is 72.8 Å². The number of benzene rings is 3.